The standard InChI is InChI=1S/C20H27N5O2.HI/c1-15-4-9-18(24-14-15)25-19(26)11-13-23-20(21-2)22-12-10-16-5-7-17(27-3)8-6-16;/h4-9,14H,10-13H2,1-3H3,(H2,21,22,23)(H,24,25,26);1H. The van der Waals surface area contributed by atoms with Crippen LogP contribution in [0.3, 0.4) is 0 Å². The number of aromatic nitrogens is 1. The first kappa shape index (κ1) is 23.7. The minimum absolute atomic E-state index is 0. The minimum Gasteiger partial charge on any atom is -0.497 e. The Morgan fingerprint density at radius 3 is 2.43 bits per heavy atom. The number of ether oxygens (including phenoxy) is 1. The maximum Gasteiger partial charge on any atom is 0.227 e. The number of nitrogens with one attached hydrogen (secondary N) is 3. The Bertz CT molecular complexity index is 748. The number of benzene rings is 1. The van der Waals surface area contributed by atoms with Gasteiger partial charge in [0, 0.05) is 32.8 Å². The minimum atomic E-state index is -0.0902. The highest BCUT2D eigenvalue weighted by atomic mass is 127. The van der Waals surface area contributed by atoms with Crippen molar-refractivity contribution in [2.75, 3.05) is 32.6 Å². The molecule has 0 saturated heterocycles. The second kappa shape index (κ2) is 12.9. The third-order valence-electron chi connectivity index (χ3n) is 3.91. The first-order chi connectivity index (χ1) is 13.1. The monoisotopic (exact) mass is 497 g/mol. The topological polar surface area (TPSA) is 87.6 Å². The van der Waals surface area contributed by atoms with Crippen molar-refractivity contribution in [1.29, 1.82) is 0 Å². The molecule has 152 valence electrons. The number of carbonyl (C=O) groups excluding carboxylic acids is 1. The number of aliphatic imine (C=N–C) groups is 1. The molecule has 1 amide bonds. The fourth-order valence-electron chi connectivity index (χ4n) is 2.38. The lowest BCUT2D eigenvalue weighted by Crippen LogP contribution is -2.39. The zero-order valence-electron chi connectivity index (χ0n) is 16.5. The number of amides is 1. The van der Waals surface area contributed by atoms with Gasteiger partial charge in [0.15, 0.2) is 5.96 Å². The van der Waals surface area contributed by atoms with Crippen molar-refractivity contribution in [3.63, 3.8) is 0 Å². The predicted molar refractivity (Wildman–Crippen MR) is 124 cm³/mol. The maximum atomic E-state index is 12.0. The van der Waals surface area contributed by atoms with Gasteiger partial charge in [-0.1, -0.05) is 18.2 Å². The molecular weight excluding hydrogens is 469 g/mol. The lowest BCUT2D eigenvalue weighted by molar-refractivity contribution is -0.116. The van der Waals surface area contributed by atoms with Gasteiger partial charge in [0.2, 0.25) is 5.91 Å². The Hall–Kier alpha value is -2.36. The predicted octanol–water partition coefficient (Wildman–Crippen LogP) is 2.75. The van der Waals surface area contributed by atoms with Crippen LogP contribution in [0.1, 0.15) is 17.5 Å². The van der Waals surface area contributed by atoms with E-state index in [1.54, 1.807) is 26.4 Å². The molecule has 7 nitrogen and oxygen atoms in total. The number of guanidine groups is 1. The van der Waals surface area contributed by atoms with Crippen molar-refractivity contribution in [1.82, 2.24) is 15.6 Å². The summed E-state index contributed by atoms with van der Waals surface area (Å²) in [6.45, 7) is 3.18. The van der Waals surface area contributed by atoms with E-state index in [0.717, 1.165) is 24.3 Å². The molecule has 0 saturated carbocycles. The third kappa shape index (κ3) is 8.55. The normalized spacial score (nSPS) is 10.6. The van der Waals surface area contributed by atoms with Crippen molar-refractivity contribution in [3.05, 3.63) is 53.7 Å². The number of pyridine rings is 1. The summed E-state index contributed by atoms with van der Waals surface area (Å²) in [6.07, 6.45) is 2.92. The summed E-state index contributed by atoms with van der Waals surface area (Å²) in [6, 6.07) is 11.7. The van der Waals surface area contributed by atoms with Crippen molar-refractivity contribution >= 4 is 41.7 Å². The number of aryl methyl sites for hydroxylation is 1. The van der Waals surface area contributed by atoms with E-state index in [9.17, 15) is 4.79 Å². The van der Waals surface area contributed by atoms with Gasteiger partial charge in [-0.05, 0) is 42.7 Å². The smallest absolute Gasteiger partial charge is 0.227 e. The summed E-state index contributed by atoms with van der Waals surface area (Å²) in [5, 5.41) is 9.15. The fourth-order valence-corrected chi connectivity index (χ4v) is 2.38. The van der Waals surface area contributed by atoms with Crippen molar-refractivity contribution < 1.29 is 9.53 Å². The lowest BCUT2D eigenvalue weighted by atomic mass is 10.1. The Kier molecular flexibility index (Phi) is 10.9. The number of hydrogen-bond acceptors (Lipinski definition) is 4. The third-order valence-corrected chi connectivity index (χ3v) is 3.91. The first-order valence-corrected chi connectivity index (χ1v) is 8.90. The molecule has 0 aliphatic rings. The van der Waals surface area contributed by atoms with E-state index in [0.29, 0.717) is 24.7 Å². The van der Waals surface area contributed by atoms with E-state index in [1.807, 2.05) is 37.3 Å². The molecule has 0 unspecified atom stereocenters. The van der Waals surface area contributed by atoms with Crippen LogP contribution >= 0.6 is 24.0 Å². The van der Waals surface area contributed by atoms with Crippen LogP contribution in [0.25, 0.3) is 0 Å². The largest absolute Gasteiger partial charge is 0.497 e. The molecular formula is C20H28IN5O2. The van der Waals surface area contributed by atoms with Gasteiger partial charge in [-0.15, -0.1) is 24.0 Å². The number of carbonyl (C=O) groups is 1. The molecule has 0 aliphatic carbocycles. The maximum absolute atomic E-state index is 12.0. The molecule has 28 heavy (non-hydrogen) atoms. The summed E-state index contributed by atoms with van der Waals surface area (Å²) in [4.78, 5) is 20.3. The van der Waals surface area contributed by atoms with Crippen LogP contribution in [-0.2, 0) is 11.2 Å². The number of hydrogen-bond donors (Lipinski definition) is 3. The molecule has 3 N–H and O–H groups in total. The second-order valence-electron chi connectivity index (χ2n) is 6.04. The Balaban J connectivity index is 0.00000392. The molecule has 0 radical (unpaired) electrons. The highest BCUT2D eigenvalue weighted by Crippen LogP contribution is 2.11. The van der Waals surface area contributed by atoms with Crippen LogP contribution in [0.5, 0.6) is 5.75 Å². The molecule has 0 atom stereocenters. The van der Waals surface area contributed by atoms with Gasteiger partial charge in [0.05, 0.1) is 7.11 Å². The molecule has 2 rings (SSSR count). The van der Waals surface area contributed by atoms with E-state index in [-0.39, 0.29) is 29.9 Å². The van der Waals surface area contributed by atoms with E-state index in [2.05, 4.69) is 25.9 Å². The van der Waals surface area contributed by atoms with Gasteiger partial charge < -0.3 is 20.7 Å². The molecule has 0 aliphatic heterocycles. The summed E-state index contributed by atoms with van der Waals surface area (Å²) in [5.74, 6) is 1.99. The van der Waals surface area contributed by atoms with Crippen molar-refractivity contribution in [2.24, 2.45) is 4.99 Å². The molecule has 1 heterocycles. The van der Waals surface area contributed by atoms with Gasteiger partial charge >= 0.3 is 0 Å². The number of rotatable bonds is 8. The van der Waals surface area contributed by atoms with Crippen LogP contribution < -0.4 is 20.7 Å². The summed E-state index contributed by atoms with van der Waals surface area (Å²) >= 11 is 0. The molecule has 1 aromatic heterocycles. The van der Waals surface area contributed by atoms with Gasteiger partial charge in [-0.2, -0.15) is 0 Å². The van der Waals surface area contributed by atoms with E-state index in [1.165, 1.54) is 5.56 Å². The average Bonchev–Trinajstić information content (AvgIpc) is 2.69. The van der Waals surface area contributed by atoms with Gasteiger partial charge in [-0.3, -0.25) is 9.79 Å². The molecule has 0 fully saturated rings. The molecule has 2 aromatic rings. The SMILES string of the molecule is CN=C(NCCC(=O)Nc1ccc(C)cn1)NCCc1ccc(OC)cc1.I. The van der Waals surface area contributed by atoms with E-state index < -0.39 is 0 Å². The summed E-state index contributed by atoms with van der Waals surface area (Å²) < 4.78 is 5.15. The number of anilines is 1. The lowest BCUT2D eigenvalue weighted by Gasteiger charge is -2.12. The average molecular weight is 497 g/mol. The van der Waals surface area contributed by atoms with Crippen LogP contribution in [0.4, 0.5) is 5.82 Å². The first-order valence-electron chi connectivity index (χ1n) is 8.90. The number of halogens is 1. The Labute approximate surface area is 183 Å². The molecule has 0 bridgehead atoms. The Morgan fingerprint density at radius 1 is 1.11 bits per heavy atom. The second-order valence-corrected chi connectivity index (χ2v) is 6.04. The molecule has 0 spiro atoms. The highest BCUT2D eigenvalue weighted by molar-refractivity contribution is 14.0. The van der Waals surface area contributed by atoms with Gasteiger partial charge in [0.1, 0.15) is 11.6 Å². The number of methoxy groups -OCH3 is 1. The zero-order chi connectivity index (χ0) is 19.5. The molecule has 1 aromatic carbocycles. The van der Waals surface area contributed by atoms with Crippen molar-refractivity contribution in [3.8, 4) is 5.75 Å². The van der Waals surface area contributed by atoms with Crippen LogP contribution in [-0.4, -0.2) is 44.1 Å². The van der Waals surface area contributed by atoms with Crippen molar-refractivity contribution in [2.45, 2.75) is 19.8 Å². The van der Waals surface area contributed by atoms with E-state index in [4.69, 9.17) is 4.74 Å². The van der Waals surface area contributed by atoms with E-state index >= 15 is 0 Å². The van der Waals surface area contributed by atoms with Crippen LogP contribution in [0.2, 0.25) is 0 Å². The number of nitrogens with zero attached hydrogens (tertiary/aromatic N) is 2. The Morgan fingerprint density at radius 2 is 1.82 bits per heavy atom. The fraction of sp³-hybridized carbons (Fsp3) is 0.350. The van der Waals surface area contributed by atoms with Crippen LogP contribution in [0, 0.1) is 6.92 Å². The van der Waals surface area contributed by atoms with Crippen LogP contribution in [0.15, 0.2) is 47.6 Å². The zero-order valence-corrected chi connectivity index (χ0v) is 18.8. The van der Waals surface area contributed by atoms with Gasteiger partial charge in [-0.25, -0.2) is 4.98 Å². The molecule has 8 heteroatoms. The summed E-state index contributed by atoms with van der Waals surface area (Å²) in [5.41, 5.74) is 2.27. The van der Waals surface area contributed by atoms with Gasteiger partial charge in [0.25, 0.3) is 0 Å². The highest BCUT2D eigenvalue weighted by Gasteiger charge is 2.04. The summed E-state index contributed by atoms with van der Waals surface area (Å²) in [7, 11) is 3.36. The quantitative estimate of drug-likeness (QED) is 0.297.